The van der Waals surface area contributed by atoms with Gasteiger partial charge in [-0.05, 0) is 17.7 Å². The van der Waals surface area contributed by atoms with Crippen molar-refractivity contribution in [2.24, 2.45) is 0 Å². The van der Waals surface area contributed by atoms with Crippen LogP contribution in [0.5, 0.6) is 0 Å². The van der Waals surface area contributed by atoms with Gasteiger partial charge in [-0.25, -0.2) is 15.0 Å². The quantitative estimate of drug-likeness (QED) is 0.594. The number of carbonyl (C=O) groups is 2. The molecule has 5 rings (SSSR count). The molecule has 0 unspecified atom stereocenters. The Labute approximate surface area is 195 Å². The zero-order valence-electron chi connectivity index (χ0n) is 18.4. The lowest BCUT2D eigenvalue weighted by atomic mass is 9.91. The van der Waals surface area contributed by atoms with Crippen molar-refractivity contribution in [2.45, 2.75) is 25.0 Å². The molecule has 2 aromatic heterocycles. The van der Waals surface area contributed by atoms with Crippen LogP contribution in [0.4, 0.5) is 5.95 Å². The molecule has 0 bridgehead atoms. The van der Waals surface area contributed by atoms with E-state index >= 15 is 0 Å². The number of amides is 2. The number of nitrogens with zero attached hydrogens (tertiary/aromatic N) is 5. The maximum Gasteiger partial charge on any atom is 0.258 e. The van der Waals surface area contributed by atoms with E-state index in [0.29, 0.717) is 43.3 Å². The first-order valence-corrected chi connectivity index (χ1v) is 11.6. The van der Waals surface area contributed by atoms with Crippen LogP contribution in [-0.2, 0) is 15.2 Å². The molecule has 1 atom stereocenters. The fraction of sp³-hybridized carbons (Fsp3) is 0.348. The number of benzene rings is 1. The van der Waals surface area contributed by atoms with Gasteiger partial charge in [0.05, 0.1) is 11.7 Å². The third kappa shape index (κ3) is 3.96. The van der Waals surface area contributed by atoms with Crippen molar-refractivity contribution in [2.75, 3.05) is 32.0 Å². The summed E-state index contributed by atoms with van der Waals surface area (Å²) in [6.07, 6.45) is 2.06. The van der Waals surface area contributed by atoms with Crippen LogP contribution in [-0.4, -0.2) is 74.4 Å². The summed E-state index contributed by atoms with van der Waals surface area (Å²) in [6.45, 7) is 3.38. The summed E-state index contributed by atoms with van der Waals surface area (Å²) in [5.74, 6) is 0.292. The highest BCUT2D eigenvalue weighted by Gasteiger charge is 2.45. The van der Waals surface area contributed by atoms with Crippen molar-refractivity contribution in [1.29, 1.82) is 0 Å². The number of hydrogen-bond acceptors (Lipinski definition) is 8. The first-order chi connectivity index (χ1) is 15.8. The molecule has 4 heterocycles. The van der Waals surface area contributed by atoms with Crippen molar-refractivity contribution in [3.05, 3.63) is 47.5 Å². The monoisotopic (exact) mass is 464 g/mol. The molecule has 0 radical (unpaired) electrons. The van der Waals surface area contributed by atoms with Crippen LogP contribution in [0.15, 0.2) is 41.9 Å². The third-order valence-corrected chi connectivity index (χ3v) is 7.07. The van der Waals surface area contributed by atoms with Gasteiger partial charge in [0.1, 0.15) is 10.7 Å². The molecule has 33 heavy (non-hydrogen) atoms. The van der Waals surface area contributed by atoms with Crippen molar-refractivity contribution in [1.82, 2.24) is 24.8 Å². The van der Waals surface area contributed by atoms with Gasteiger partial charge >= 0.3 is 0 Å². The van der Waals surface area contributed by atoms with Crippen LogP contribution in [0.1, 0.15) is 18.9 Å². The maximum absolute atomic E-state index is 12.5. The molecule has 170 valence electrons. The number of aliphatic hydroxyl groups is 1. The Morgan fingerprint density at radius 3 is 2.79 bits per heavy atom. The van der Waals surface area contributed by atoms with Gasteiger partial charge in [0.25, 0.3) is 5.91 Å². The number of carbonyl (C=O) groups excluding carboxylic acids is 2. The smallest absolute Gasteiger partial charge is 0.258 e. The molecule has 2 aliphatic rings. The summed E-state index contributed by atoms with van der Waals surface area (Å²) in [5.41, 5.74) is 1.35. The molecule has 10 heteroatoms. The van der Waals surface area contributed by atoms with Gasteiger partial charge in [-0.3, -0.25) is 9.59 Å². The lowest BCUT2D eigenvalue weighted by molar-refractivity contribution is -0.143. The molecular weight excluding hydrogens is 440 g/mol. The summed E-state index contributed by atoms with van der Waals surface area (Å²) >= 11 is 1.47. The highest BCUT2D eigenvalue weighted by atomic mass is 32.1. The predicted molar refractivity (Wildman–Crippen MR) is 124 cm³/mol. The van der Waals surface area contributed by atoms with Gasteiger partial charge in [0, 0.05) is 57.2 Å². The normalized spacial score (nSPS) is 20.8. The van der Waals surface area contributed by atoms with Crippen molar-refractivity contribution < 1.29 is 14.7 Å². The average molecular weight is 465 g/mol. The van der Waals surface area contributed by atoms with Crippen LogP contribution in [0.3, 0.4) is 0 Å². The number of likely N-dealkylation sites (tertiary alicyclic amines) is 2. The number of hydrogen-bond donors (Lipinski definition) is 2. The van der Waals surface area contributed by atoms with Crippen LogP contribution >= 0.6 is 11.3 Å². The number of likely N-dealkylation sites (N-methyl/N-ethyl adjacent to an activating group) is 1. The molecule has 0 aliphatic carbocycles. The van der Waals surface area contributed by atoms with E-state index in [0.717, 1.165) is 16.3 Å². The SMILES string of the molecule is CC(=O)N1CC(Nc2nccc(-c3csc(-c4cccc([C@]5(O)CCN(C)C5=O)c4)n3)n2)C1. The topological polar surface area (TPSA) is 112 Å². The van der Waals surface area contributed by atoms with Crippen LogP contribution in [0, 0.1) is 0 Å². The Morgan fingerprint density at radius 1 is 1.24 bits per heavy atom. The van der Waals surface area contributed by atoms with Crippen molar-refractivity contribution in [3.8, 4) is 22.0 Å². The minimum Gasteiger partial charge on any atom is -0.375 e. The average Bonchev–Trinajstić information content (AvgIpc) is 3.38. The maximum atomic E-state index is 12.5. The van der Waals surface area contributed by atoms with Crippen molar-refractivity contribution >= 4 is 29.1 Å². The highest BCUT2D eigenvalue weighted by Crippen LogP contribution is 2.36. The Hall–Kier alpha value is -3.37. The molecule has 0 saturated carbocycles. The van der Waals surface area contributed by atoms with Gasteiger partial charge in [-0.1, -0.05) is 18.2 Å². The fourth-order valence-electron chi connectivity index (χ4n) is 4.14. The zero-order chi connectivity index (χ0) is 23.2. The summed E-state index contributed by atoms with van der Waals surface area (Å²) in [4.78, 5) is 40.7. The van der Waals surface area contributed by atoms with E-state index < -0.39 is 5.60 Å². The van der Waals surface area contributed by atoms with E-state index in [1.807, 2.05) is 23.6 Å². The highest BCUT2D eigenvalue weighted by molar-refractivity contribution is 7.13. The summed E-state index contributed by atoms with van der Waals surface area (Å²) in [6, 6.07) is 9.32. The van der Waals surface area contributed by atoms with Gasteiger partial charge in [-0.15, -0.1) is 11.3 Å². The molecule has 1 aromatic carbocycles. The number of nitrogens with one attached hydrogen (secondary N) is 1. The molecule has 9 nitrogen and oxygen atoms in total. The lowest BCUT2D eigenvalue weighted by Crippen LogP contribution is -2.56. The van der Waals surface area contributed by atoms with Gasteiger partial charge in [-0.2, -0.15) is 0 Å². The molecule has 2 aliphatic heterocycles. The second-order valence-electron chi connectivity index (χ2n) is 8.49. The summed E-state index contributed by atoms with van der Waals surface area (Å²) in [5, 5.41) is 16.9. The number of rotatable bonds is 5. The minimum atomic E-state index is -1.49. The van der Waals surface area contributed by atoms with Crippen LogP contribution in [0.2, 0.25) is 0 Å². The van der Waals surface area contributed by atoms with E-state index in [2.05, 4.69) is 15.3 Å². The van der Waals surface area contributed by atoms with E-state index in [4.69, 9.17) is 4.98 Å². The molecule has 2 N–H and O–H groups in total. The second kappa shape index (κ2) is 8.20. The van der Waals surface area contributed by atoms with Crippen LogP contribution in [0.25, 0.3) is 22.0 Å². The Bertz CT molecular complexity index is 1220. The van der Waals surface area contributed by atoms with Crippen molar-refractivity contribution in [3.63, 3.8) is 0 Å². The third-order valence-electron chi connectivity index (χ3n) is 6.18. The zero-order valence-corrected chi connectivity index (χ0v) is 19.2. The minimum absolute atomic E-state index is 0.0678. The Morgan fingerprint density at radius 2 is 2.06 bits per heavy atom. The lowest BCUT2D eigenvalue weighted by Gasteiger charge is -2.38. The predicted octanol–water partition coefficient (Wildman–Crippen LogP) is 1.96. The van der Waals surface area contributed by atoms with E-state index in [-0.39, 0.29) is 17.9 Å². The van der Waals surface area contributed by atoms with E-state index in [9.17, 15) is 14.7 Å². The number of aromatic nitrogens is 3. The Kier molecular flexibility index (Phi) is 5.34. The fourth-order valence-corrected chi connectivity index (χ4v) is 4.95. The number of thiazole rings is 1. The van der Waals surface area contributed by atoms with Gasteiger partial charge in [0.15, 0.2) is 5.60 Å². The van der Waals surface area contributed by atoms with Gasteiger partial charge in [0.2, 0.25) is 11.9 Å². The summed E-state index contributed by atoms with van der Waals surface area (Å²) in [7, 11) is 1.70. The summed E-state index contributed by atoms with van der Waals surface area (Å²) < 4.78 is 0. The molecular formula is C23H24N6O3S. The molecule has 2 saturated heterocycles. The molecule has 2 fully saturated rings. The first-order valence-electron chi connectivity index (χ1n) is 10.7. The van der Waals surface area contributed by atoms with E-state index in [1.54, 1.807) is 42.1 Å². The molecule has 3 aromatic rings. The second-order valence-corrected chi connectivity index (χ2v) is 9.34. The molecule has 2 amide bonds. The van der Waals surface area contributed by atoms with E-state index in [1.165, 1.54) is 11.3 Å². The Balaban J connectivity index is 1.34. The number of anilines is 1. The van der Waals surface area contributed by atoms with Crippen LogP contribution < -0.4 is 5.32 Å². The molecule has 0 spiro atoms. The largest absolute Gasteiger partial charge is 0.375 e. The standard InChI is InChI=1S/C23H24N6O3S/c1-14(30)29-11-17(12-29)25-22-24-8-6-18(27-22)19-13-33-20(26-19)15-4-3-5-16(10-15)23(32)7-9-28(2)21(23)31/h3-6,8,10,13,17,32H,7,9,11-12H2,1-2H3,(H,24,25,27)/t23-/m1/s1. The first kappa shape index (κ1) is 21.5. The van der Waals surface area contributed by atoms with Gasteiger partial charge < -0.3 is 20.2 Å².